The quantitative estimate of drug-likeness (QED) is 0.414. The van der Waals surface area contributed by atoms with Crippen molar-refractivity contribution >= 4 is 35.5 Å². The standard InChI is InChI=1S/C20H19F3N2O7S/c1-2-14(27)32-7-10-9-33-18-15(17(28)25(18)16(10)19(29)30)24-13(26)8-31-12-5-3-4-11(6-12)20(21,22)23/h3-6,9,15-16,18H,2,7-8H2,1H3,(H,24,26)(H,29,30)/p-1/t15?,16?,18-/m1/s1. The third-order valence-electron chi connectivity index (χ3n) is 4.83. The molecule has 1 fully saturated rings. The molecule has 0 aliphatic carbocycles. The number of carboxylic acid groups (broad SMARTS) is 1. The molecule has 178 valence electrons. The van der Waals surface area contributed by atoms with Crippen molar-refractivity contribution in [3.63, 3.8) is 0 Å². The predicted molar refractivity (Wildman–Crippen MR) is 105 cm³/mol. The summed E-state index contributed by atoms with van der Waals surface area (Å²) in [6.45, 7) is 0.596. The Hall–Kier alpha value is -3.22. The maximum Gasteiger partial charge on any atom is 0.416 e. The van der Waals surface area contributed by atoms with Crippen LogP contribution < -0.4 is 15.2 Å². The molecule has 0 bridgehead atoms. The molecule has 1 aromatic carbocycles. The number of benzene rings is 1. The second-order valence-corrected chi connectivity index (χ2v) is 8.05. The Kier molecular flexibility index (Phi) is 7.20. The molecule has 9 nitrogen and oxygen atoms in total. The maximum atomic E-state index is 12.8. The highest BCUT2D eigenvalue weighted by Crippen LogP contribution is 2.40. The van der Waals surface area contributed by atoms with Crippen LogP contribution in [0.5, 0.6) is 5.75 Å². The lowest BCUT2D eigenvalue weighted by molar-refractivity contribution is -0.311. The summed E-state index contributed by atoms with van der Waals surface area (Å²) in [5, 5.41) is 14.7. The Morgan fingerprint density at radius 1 is 1.27 bits per heavy atom. The van der Waals surface area contributed by atoms with Gasteiger partial charge >= 0.3 is 12.1 Å². The fraction of sp³-hybridized carbons (Fsp3) is 0.400. The number of carboxylic acids is 1. The van der Waals surface area contributed by atoms with Gasteiger partial charge in [0.25, 0.3) is 5.91 Å². The van der Waals surface area contributed by atoms with Gasteiger partial charge in [-0.15, -0.1) is 11.8 Å². The van der Waals surface area contributed by atoms with Crippen LogP contribution in [-0.2, 0) is 30.1 Å². The van der Waals surface area contributed by atoms with Crippen LogP contribution in [0.2, 0.25) is 0 Å². The van der Waals surface area contributed by atoms with E-state index in [4.69, 9.17) is 9.47 Å². The summed E-state index contributed by atoms with van der Waals surface area (Å²) in [6, 6.07) is 1.45. The largest absolute Gasteiger partial charge is 0.548 e. The van der Waals surface area contributed by atoms with Crippen molar-refractivity contribution < 1.29 is 46.9 Å². The molecular weight excluding hydrogens is 469 g/mol. The van der Waals surface area contributed by atoms with Gasteiger partial charge in [0.05, 0.1) is 17.6 Å². The van der Waals surface area contributed by atoms with Gasteiger partial charge in [-0.25, -0.2) is 0 Å². The van der Waals surface area contributed by atoms with Crippen molar-refractivity contribution in [2.75, 3.05) is 13.2 Å². The van der Waals surface area contributed by atoms with E-state index in [0.29, 0.717) is 0 Å². The first kappa shape index (κ1) is 24.4. The predicted octanol–water partition coefficient (Wildman–Crippen LogP) is 0.440. The molecular formula is C20H18F3N2O7S-. The zero-order chi connectivity index (χ0) is 24.3. The minimum atomic E-state index is -4.57. The van der Waals surface area contributed by atoms with Gasteiger partial charge in [-0.2, -0.15) is 13.2 Å². The van der Waals surface area contributed by atoms with E-state index in [1.54, 1.807) is 6.92 Å². The number of ether oxygens (including phenoxy) is 2. The Morgan fingerprint density at radius 2 is 2.00 bits per heavy atom. The number of aliphatic carboxylic acids is 1. The highest BCUT2D eigenvalue weighted by atomic mass is 32.2. The Morgan fingerprint density at radius 3 is 2.64 bits per heavy atom. The molecule has 33 heavy (non-hydrogen) atoms. The number of fused-ring (bicyclic) bond motifs is 1. The maximum absolute atomic E-state index is 12.8. The summed E-state index contributed by atoms with van der Waals surface area (Å²) in [4.78, 5) is 48.7. The third-order valence-corrected chi connectivity index (χ3v) is 6.04. The fourth-order valence-electron chi connectivity index (χ4n) is 3.21. The smallest absolute Gasteiger partial charge is 0.416 e. The first-order valence-electron chi connectivity index (χ1n) is 9.65. The van der Waals surface area contributed by atoms with Crippen molar-refractivity contribution in [1.82, 2.24) is 10.2 Å². The number of carbonyl (C=O) groups is 4. The lowest BCUT2D eigenvalue weighted by Crippen LogP contribution is -2.75. The number of esters is 1. The molecule has 0 aromatic heterocycles. The van der Waals surface area contributed by atoms with E-state index in [2.05, 4.69) is 5.32 Å². The molecule has 0 saturated carbocycles. The SMILES string of the molecule is CCC(=O)OCC1=CS[C@@H]2C(NC(=O)COc3cccc(C(F)(F)F)c3)C(=O)N2C1C(=O)[O-]. The number of nitrogens with zero attached hydrogens (tertiary/aromatic N) is 1. The van der Waals surface area contributed by atoms with Gasteiger partial charge < -0.3 is 29.6 Å². The molecule has 0 radical (unpaired) electrons. The summed E-state index contributed by atoms with van der Waals surface area (Å²) >= 11 is 1.05. The highest BCUT2D eigenvalue weighted by Gasteiger charge is 2.54. The van der Waals surface area contributed by atoms with Gasteiger partial charge in [-0.1, -0.05) is 13.0 Å². The molecule has 3 rings (SSSR count). The lowest BCUT2D eigenvalue weighted by atomic mass is 9.98. The fourth-order valence-corrected chi connectivity index (χ4v) is 4.42. The number of β-lactam (4-membered cyclic amide) rings is 1. The highest BCUT2D eigenvalue weighted by molar-refractivity contribution is 8.02. The van der Waals surface area contributed by atoms with Crippen LogP contribution >= 0.6 is 11.8 Å². The van der Waals surface area contributed by atoms with Crippen molar-refractivity contribution in [3.8, 4) is 5.75 Å². The average molecular weight is 487 g/mol. The van der Waals surface area contributed by atoms with Crippen LogP contribution in [0, 0.1) is 0 Å². The van der Waals surface area contributed by atoms with Crippen LogP contribution in [0.15, 0.2) is 35.2 Å². The first-order valence-corrected chi connectivity index (χ1v) is 10.6. The summed E-state index contributed by atoms with van der Waals surface area (Å²) in [5.41, 5.74) is -0.784. The topological polar surface area (TPSA) is 125 Å². The van der Waals surface area contributed by atoms with E-state index >= 15 is 0 Å². The monoisotopic (exact) mass is 487 g/mol. The van der Waals surface area contributed by atoms with Gasteiger partial charge in [0.1, 0.15) is 23.8 Å². The normalized spacial score (nSPS) is 21.9. The average Bonchev–Trinajstić information content (AvgIpc) is 2.78. The number of alkyl halides is 3. The van der Waals surface area contributed by atoms with E-state index in [1.807, 2.05) is 0 Å². The minimum Gasteiger partial charge on any atom is -0.548 e. The molecule has 2 unspecified atom stereocenters. The molecule has 3 atom stereocenters. The molecule has 0 spiro atoms. The Labute approximate surface area is 189 Å². The number of nitrogens with one attached hydrogen (secondary N) is 1. The van der Waals surface area contributed by atoms with E-state index in [1.165, 1.54) is 11.5 Å². The molecule has 2 aliphatic rings. The second kappa shape index (κ2) is 9.73. The third kappa shape index (κ3) is 5.41. The summed E-state index contributed by atoms with van der Waals surface area (Å²) in [7, 11) is 0. The van der Waals surface area contributed by atoms with Gasteiger partial charge in [0.2, 0.25) is 5.91 Å². The van der Waals surface area contributed by atoms with Crippen molar-refractivity contribution in [3.05, 3.63) is 40.8 Å². The molecule has 2 aliphatic heterocycles. The molecule has 2 amide bonds. The Balaban J connectivity index is 1.60. The number of hydrogen-bond donors (Lipinski definition) is 1. The number of thioether (sulfide) groups is 1. The molecule has 2 heterocycles. The summed E-state index contributed by atoms with van der Waals surface area (Å²) in [5.74, 6) is -3.75. The number of hydrogen-bond acceptors (Lipinski definition) is 8. The number of amides is 2. The molecule has 1 saturated heterocycles. The molecule has 13 heteroatoms. The zero-order valence-corrected chi connectivity index (χ0v) is 17.9. The van der Waals surface area contributed by atoms with E-state index < -0.39 is 59.6 Å². The van der Waals surface area contributed by atoms with E-state index in [-0.39, 0.29) is 24.4 Å². The zero-order valence-electron chi connectivity index (χ0n) is 17.1. The van der Waals surface area contributed by atoms with Gasteiger partial charge in [-0.05, 0) is 23.6 Å². The second-order valence-electron chi connectivity index (χ2n) is 7.06. The Bertz CT molecular complexity index is 998. The van der Waals surface area contributed by atoms with Gasteiger partial charge in [0.15, 0.2) is 6.61 Å². The van der Waals surface area contributed by atoms with Gasteiger partial charge in [-0.3, -0.25) is 14.4 Å². The van der Waals surface area contributed by atoms with Gasteiger partial charge in [0, 0.05) is 12.0 Å². The summed E-state index contributed by atoms with van der Waals surface area (Å²) in [6.07, 6.45) is -4.48. The lowest BCUT2D eigenvalue weighted by Gasteiger charge is -2.52. The van der Waals surface area contributed by atoms with Crippen molar-refractivity contribution in [1.29, 1.82) is 0 Å². The van der Waals surface area contributed by atoms with E-state index in [0.717, 1.165) is 34.9 Å². The van der Waals surface area contributed by atoms with Crippen LogP contribution in [0.4, 0.5) is 13.2 Å². The molecule has 1 aromatic rings. The van der Waals surface area contributed by atoms with E-state index in [9.17, 15) is 37.5 Å². The van der Waals surface area contributed by atoms with Crippen LogP contribution in [0.1, 0.15) is 18.9 Å². The summed E-state index contributed by atoms with van der Waals surface area (Å²) < 4.78 is 48.3. The first-order chi connectivity index (χ1) is 15.5. The number of carbonyl (C=O) groups excluding carboxylic acids is 4. The molecule has 1 N–H and O–H groups in total. The van der Waals surface area contributed by atoms with Crippen molar-refractivity contribution in [2.24, 2.45) is 0 Å². The van der Waals surface area contributed by atoms with Crippen LogP contribution in [0.25, 0.3) is 0 Å². The van der Waals surface area contributed by atoms with Crippen LogP contribution in [-0.4, -0.2) is 59.3 Å². The van der Waals surface area contributed by atoms with Crippen LogP contribution in [0.3, 0.4) is 0 Å². The number of rotatable bonds is 8. The minimum absolute atomic E-state index is 0.0956. The van der Waals surface area contributed by atoms with Crippen molar-refractivity contribution in [2.45, 2.75) is 37.0 Å². The number of halogens is 3.